The van der Waals surface area contributed by atoms with Crippen molar-refractivity contribution >= 4 is 0 Å². The molecule has 0 radical (unpaired) electrons. The summed E-state index contributed by atoms with van der Waals surface area (Å²) in [5, 5.41) is 0. The van der Waals surface area contributed by atoms with Gasteiger partial charge in [-0.15, -0.1) is 6.58 Å². The Morgan fingerprint density at radius 1 is 1.24 bits per heavy atom. The molecule has 1 atom stereocenters. The van der Waals surface area contributed by atoms with Crippen LogP contribution in [0.1, 0.15) is 32.3 Å². The molecule has 0 heterocycles. The average Bonchev–Trinajstić information content (AvgIpc) is 2.34. The van der Waals surface area contributed by atoms with E-state index in [0.717, 1.165) is 18.1 Å². The molecule has 0 amide bonds. The maximum Gasteiger partial charge on any atom is 0.118 e. The summed E-state index contributed by atoms with van der Waals surface area (Å²) in [7, 11) is 1.70. The van der Waals surface area contributed by atoms with Crippen molar-refractivity contribution in [2.75, 3.05) is 7.11 Å². The van der Waals surface area contributed by atoms with E-state index in [1.165, 1.54) is 18.4 Å². The molecule has 0 saturated heterocycles. The van der Waals surface area contributed by atoms with Gasteiger partial charge in [-0.2, -0.15) is 0 Å². The van der Waals surface area contributed by atoms with Crippen LogP contribution in [0.3, 0.4) is 0 Å². The number of methoxy groups -OCH3 is 1. The van der Waals surface area contributed by atoms with Crippen LogP contribution in [-0.4, -0.2) is 7.11 Å². The predicted octanol–water partition coefficient (Wildman–Crippen LogP) is 4.48. The third-order valence-electron chi connectivity index (χ3n) is 3.07. The zero-order valence-electron chi connectivity index (χ0n) is 11.3. The summed E-state index contributed by atoms with van der Waals surface area (Å²) >= 11 is 0. The maximum absolute atomic E-state index is 5.15. The highest BCUT2D eigenvalue weighted by atomic mass is 16.5. The van der Waals surface area contributed by atoms with Gasteiger partial charge in [0.15, 0.2) is 0 Å². The van der Waals surface area contributed by atoms with Gasteiger partial charge >= 0.3 is 0 Å². The number of aryl methyl sites for hydroxylation is 1. The van der Waals surface area contributed by atoms with Crippen molar-refractivity contribution < 1.29 is 4.74 Å². The molecule has 1 aromatic rings. The Bertz CT molecular complexity index is 324. The second kappa shape index (κ2) is 7.16. The van der Waals surface area contributed by atoms with Gasteiger partial charge in [-0.05, 0) is 48.8 Å². The van der Waals surface area contributed by atoms with Crippen molar-refractivity contribution in [3.8, 4) is 5.75 Å². The Hall–Kier alpha value is -1.24. The molecule has 0 bridgehead atoms. The summed E-state index contributed by atoms with van der Waals surface area (Å²) in [4.78, 5) is 0. The van der Waals surface area contributed by atoms with Gasteiger partial charge < -0.3 is 4.74 Å². The Morgan fingerprint density at radius 3 is 2.35 bits per heavy atom. The van der Waals surface area contributed by atoms with Gasteiger partial charge in [-0.25, -0.2) is 0 Å². The van der Waals surface area contributed by atoms with E-state index in [1.807, 2.05) is 12.1 Å². The monoisotopic (exact) mass is 232 g/mol. The zero-order chi connectivity index (χ0) is 12.7. The van der Waals surface area contributed by atoms with Crippen LogP contribution in [0.15, 0.2) is 36.9 Å². The minimum absolute atomic E-state index is 0.636. The molecule has 94 valence electrons. The minimum atomic E-state index is 0.636. The molecule has 1 aromatic carbocycles. The molecule has 0 aliphatic rings. The van der Waals surface area contributed by atoms with Crippen LogP contribution in [0.2, 0.25) is 0 Å². The molecule has 1 nitrogen and oxygen atoms in total. The van der Waals surface area contributed by atoms with Gasteiger partial charge in [0.05, 0.1) is 7.11 Å². The Morgan fingerprint density at radius 2 is 1.88 bits per heavy atom. The van der Waals surface area contributed by atoms with Crippen molar-refractivity contribution in [2.45, 2.75) is 33.1 Å². The van der Waals surface area contributed by atoms with Crippen LogP contribution >= 0.6 is 0 Å². The fraction of sp³-hybridized carbons (Fsp3) is 0.500. The first-order chi connectivity index (χ1) is 8.15. The van der Waals surface area contributed by atoms with Crippen molar-refractivity contribution in [1.82, 2.24) is 0 Å². The lowest BCUT2D eigenvalue weighted by Crippen LogP contribution is -2.03. The van der Waals surface area contributed by atoms with Gasteiger partial charge in [-0.1, -0.05) is 32.1 Å². The van der Waals surface area contributed by atoms with Gasteiger partial charge in [0.2, 0.25) is 0 Å². The molecular formula is C16H24O. The largest absolute Gasteiger partial charge is 0.497 e. The number of hydrogen-bond acceptors (Lipinski definition) is 1. The standard InChI is InChI=1S/C16H24O/c1-5-14(12-13(2)3)6-7-15-8-10-16(17-4)11-9-15/h5,8-11,13-14H,1,6-7,12H2,2-4H3/t14-/m1/s1. The second-order valence-corrected chi connectivity index (χ2v) is 5.01. The lowest BCUT2D eigenvalue weighted by atomic mass is 9.91. The van der Waals surface area contributed by atoms with Crippen LogP contribution in [0.5, 0.6) is 5.75 Å². The van der Waals surface area contributed by atoms with Crippen molar-refractivity contribution in [3.05, 3.63) is 42.5 Å². The third kappa shape index (κ3) is 5.08. The zero-order valence-corrected chi connectivity index (χ0v) is 11.3. The van der Waals surface area contributed by atoms with E-state index in [4.69, 9.17) is 4.74 Å². The van der Waals surface area contributed by atoms with Crippen molar-refractivity contribution in [1.29, 1.82) is 0 Å². The van der Waals surface area contributed by atoms with Crippen molar-refractivity contribution in [3.63, 3.8) is 0 Å². The normalized spacial score (nSPS) is 12.5. The molecule has 0 saturated carbocycles. The Balaban J connectivity index is 2.44. The first-order valence-corrected chi connectivity index (χ1v) is 6.41. The Labute approximate surface area is 106 Å². The first-order valence-electron chi connectivity index (χ1n) is 6.41. The number of allylic oxidation sites excluding steroid dienone is 1. The summed E-state index contributed by atoms with van der Waals surface area (Å²) in [5.74, 6) is 2.31. The SMILES string of the molecule is C=C[C@H](CCc1ccc(OC)cc1)CC(C)C. The third-order valence-corrected chi connectivity index (χ3v) is 3.07. The molecule has 0 aliphatic heterocycles. The van der Waals surface area contributed by atoms with Crippen LogP contribution < -0.4 is 4.74 Å². The average molecular weight is 232 g/mol. The summed E-state index contributed by atoms with van der Waals surface area (Å²) < 4.78 is 5.15. The number of benzene rings is 1. The molecule has 0 N–H and O–H groups in total. The lowest BCUT2D eigenvalue weighted by molar-refractivity contribution is 0.414. The Kier molecular flexibility index (Phi) is 5.82. The van der Waals surface area contributed by atoms with E-state index in [1.54, 1.807) is 7.11 Å². The number of rotatable bonds is 7. The molecule has 0 unspecified atom stereocenters. The number of ether oxygens (including phenoxy) is 1. The smallest absolute Gasteiger partial charge is 0.118 e. The van der Waals surface area contributed by atoms with Gasteiger partial charge in [-0.3, -0.25) is 0 Å². The van der Waals surface area contributed by atoms with Crippen LogP contribution in [0.4, 0.5) is 0 Å². The van der Waals surface area contributed by atoms with E-state index in [9.17, 15) is 0 Å². The highest BCUT2D eigenvalue weighted by molar-refractivity contribution is 5.27. The van der Waals surface area contributed by atoms with E-state index in [2.05, 4.69) is 38.6 Å². The molecule has 0 fully saturated rings. The van der Waals surface area contributed by atoms with E-state index in [0.29, 0.717) is 5.92 Å². The van der Waals surface area contributed by atoms with Gasteiger partial charge in [0.25, 0.3) is 0 Å². The maximum atomic E-state index is 5.15. The summed E-state index contributed by atoms with van der Waals surface area (Å²) in [6.45, 7) is 8.47. The fourth-order valence-corrected chi connectivity index (χ4v) is 2.08. The van der Waals surface area contributed by atoms with Crippen molar-refractivity contribution in [2.24, 2.45) is 11.8 Å². The highest BCUT2D eigenvalue weighted by Gasteiger charge is 2.07. The van der Waals surface area contributed by atoms with E-state index in [-0.39, 0.29) is 0 Å². The quantitative estimate of drug-likeness (QED) is 0.630. The molecule has 17 heavy (non-hydrogen) atoms. The molecule has 1 heteroatoms. The molecular weight excluding hydrogens is 208 g/mol. The van der Waals surface area contributed by atoms with E-state index < -0.39 is 0 Å². The highest BCUT2D eigenvalue weighted by Crippen LogP contribution is 2.20. The second-order valence-electron chi connectivity index (χ2n) is 5.01. The summed E-state index contributed by atoms with van der Waals surface area (Å²) in [5.41, 5.74) is 1.38. The molecule has 0 aliphatic carbocycles. The fourth-order valence-electron chi connectivity index (χ4n) is 2.08. The van der Waals surface area contributed by atoms with Crippen LogP contribution in [0.25, 0.3) is 0 Å². The topological polar surface area (TPSA) is 9.23 Å². The molecule has 1 rings (SSSR count). The molecule has 0 spiro atoms. The summed E-state index contributed by atoms with van der Waals surface area (Å²) in [6.07, 6.45) is 5.64. The molecule has 0 aromatic heterocycles. The minimum Gasteiger partial charge on any atom is -0.497 e. The van der Waals surface area contributed by atoms with Crippen LogP contribution in [0, 0.1) is 11.8 Å². The lowest BCUT2D eigenvalue weighted by Gasteiger charge is -2.14. The van der Waals surface area contributed by atoms with Gasteiger partial charge in [0, 0.05) is 0 Å². The first kappa shape index (κ1) is 13.8. The number of hydrogen-bond donors (Lipinski definition) is 0. The predicted molar refractivity (Wildman–Crippen MR) is 74.5 cm³/mol. The van der Waals surface area contributed by atoms with Gasteiger partial charge in [0.1, 0.15) is 5.75 Å². The van der Waals surface area contributed by atoms with Crippen LogP contribution in [-0.2, 0) is 6.42 Å². The summed E-state index contributed by atoms with van der Waals surface area (Å²) in [6, 6.07) is 8.35. The van der Waals surface area contributed by atoms with E-state index >= 15 is 0 Å².